The summed E-state index contributed by atoms with van der Waals surface area (Å²) >= 11 is 0. The highest BCUT2D eigenvalue weighted by Gasteiger charge is 2.58. The summed E-state index contributed by atoms with van der Waals surface area (Å²) in [5, 5.41) is 10.0. The molecule has 0 aromatic carbocycles. The quantitative estimate of drug-likeness (QED) is 0.745. The monoisotopic (exact) mass is 320 g/mol. The van der Waals surface area contributed by atoms with E-state index >= 15 is 0 Å². The van der Waals surface area contributed by atoms with E-state index in [4.69, 9.17) is 4.74 Å². The molecule has 1 N–H and O–H groups in total. The largest absolute Gasteiger partial charge is 0.462 e. The van der Waals surface area contributed by atoms with Crippen LogP contribution in [0, 0.1) is 35.0 Å². The lowest BCUT2D eigenvalue weighted by Crippen LogP contribution is -2.50. The standard InChI is InChI=1S/C20H32O3/c1-12(21)23-19-8-7-18-17-5-3-13-11-14(22)4-6-15(13)16(17)9-10-20(18,19)2/h13-19,22H,3-11H2,1-2H3/t13-,14-,15+,16-,17-,18+,19+,20+/m1/s1. The summed E-state index contributed by atoms with van der Waals surface area (Å²) in [6.45, 7) is 3.95. The third-order valence-corrected chi connectivity index (χ3v) is 8.15. The van der Waals surface area contributed by atoms with Gasteiger partial charge in [-0.3, -0.25) is 4.79 Å². The highest BCUT2D eigenvalue weighted by Crippen LogP contribution is 2.62. The molecule has 0 aromatic heterocycles. The molecule has 4 aliphatic carbocycles. The van der Waals surface area contributed by atoms with Crippen LogP contribution in [0.15, 0.2) is 0 Å². The van der Waals surface area contributed by atoms with Crippen LogP contribution in [0.2, 0.25) is 0 Å². The van der Waals surface area contributed by atoms with Gasteiger partial charge in [-0.15, -0.1) is 0 Å². The molecular formula is C20H32O3. The van der Waals surface area contributed by atoms with Crippen molar-refractivity contribution < 1.29 is 14.6 Å². The van der Waals surface area contributed by atoms with Crippen molar-refractivity contribution in [1.82, 2.24) is 0 Å². The van der Waals surface area contributed by atoms with E-state index in [-0.39, 0.29) is 23.6 Å². The molecule has 23 heavy (non-hydrogen) atoms. The van der Waals surface area contributed by atoms with Gasteiger partial charge in [0.15, 0.2) is 0 Å². The van der Waals surface area contributed by atoms with E-state index in [1.165, 1.54) is 38.5 Å². The number of aliphatic hydroxyl groups is 1. The lowest BCUT2D eigenvalue weighted by molar-refractivity contribution is -0.157. The van der Waals surface area contributed by atoms with Crippen LogP contribution in [0.5, 0.6) is 0 Å². The molecule has 0 aromatic rings. The van der Waals surface area contributed by atoms with Crippen molar-refractivity contribution in [3.05, 3.63) is 0 Å². The Morgan fingerprint density at radius 1 is 1.00 bits per heavy atom. The molecule has 0 radical (unpaired) electrons. The number of rotatable bonds is 1. The molecular weight excluding hydrogens is 288 g/mol. The van der Waals surface area contributed by atoms with Gasteiger partial charge in [-0.05, 0) is 87.4 Å². The van der Waals surface area contributed by atoms with E-state index in [1.54, 1.807) is 6.92 Å². The number of fused-ring (bicyclic) bond motifs is 5. The van der Waals surface area contributed by atoms with Crippen molar-refractivity contribution >= 4 is 5.97 Å². The Morgan fingerprint density at radius 2 is 1.78 bits per heavy atom. The van der Waals surface area contributed by atoms with Crippen molar-refractivity contribution in [2.24, 2.45) is 35.0 Å². The van der Waals surface area contributed by atoms with Gasteiger partial charge in [-0.1, -0.05) is 6.92 Å². The van der Waals surface area contributed by atoms with Crippen molar-refractivity contribution in [3.63, 3.8) is 0 Å². The predicted molar refractivity (Wildman–Crippen MR) is 88.7 cm³/mol. The summed E-state index contributed by atoms with van der Waals surface area (Å²) in [7, 11) is 0. The first-order valence-corrected chi connectivity index (χ1v) is 9.84. The average molecular weight is 320 g/mol. The molecule has 0 aliphatic heterocycles. The van der Waals surface area contributed by atoms with E-state index in [1.807, 2.05) is 0 Å². The first-order chi connectivity index (χ1) is 11.0. The van der Waals surface area contributed by atoms with Crippen LogP contribution in [0.25, 0.3) is 0 Å². The van der Waals surface area contributed by atoms with Gasteiger partial charge in [0.25, 0.3) is 0 Å². The maximum absolute atomic E-state index is 11.5. The molecule has 8 atom stereocenters. The molecule has 0 heterocycles. The fraction of sp³-hybridized carbons (Fsp3) is 0.950. The maximum Gasteiger partial charge on any atom is 0.302 e. The third-order valence-electron chi connectivity index (χ3n) is 8.15. The van der Waals surface area contributed by atoms with Gasteiger partial charge < -0.3 is 9.84 Å². The smallest absolute Gasteiger partial charge is 0.302 e. The molecule has 4 aliphatic rings. The fourth-order valence-corrected chi connectivity index (χ4v) is 7.17. The van der Waals surface area contributed by atoms with E-state index < -0.39 is 0 Å². The van der Waals surface area contributed by atoms with Crippen molar-refractivity contribution in [1.29, 1.82) is 0 Å². The van der Waals surface area contributed by atoms with Crippen LogP contribution in [0.1, 0.15) is 71.6 Å². The Kier molecular flexibility index (Phi) is 3.98. The van der Waals surface area contributed by atoms with Gasteiger partial charge in [0.05, 0.1) is 6.10 Å². The Balaban J connectivity index is 1.52. The molecule has 3 nitrogen and oxygen atoms in total. The number of esters is 1. The van der Waals surface area contributed by atoms with Gasteiger partial charge in [-0.2, -0.15) is 0 Å². The van der Waals surface area contributed by atoms with Gasteiger partial charge in [-0.25, -0.2) is 0 Å². The molecule has 130 valence electrons. The van der Waals surface area contributed by atoms with E-state index in [2.05, 4.69) is 6.92 Å². The van der Waals surface area contributed by atoms with Crippen molar-refractivity contribution in [2.75, 3.05) is 0 Å². The van der Waals surface area contributed by atoms with Crippen molar-refractivity contribution in [3.8, 4) is 0 Å². The number of carbonyl (C=O) groups is 1. The fourth-order valence-electron chi connectivity index (χ4n) is 7.17. The minimum atomic E-state index is -0.107. The normalized spacial score (nSPS) is 52.2. The number of aliphatic hydroxyl groups excluding tert-OH is 1. The maximum atomic E-state index is 11.5. The van der Waals surface area contributed by atoms with Gasteiger partial charge >= 0.3 is 5.97 Å². The topological polar surface area (TPSA) is 46.5 Å². The number of ether oxygens (including phenoxy) is 1. The SMILES string of the molecule is CC(=O)O[C@H]1CC[C@H]2[C@@H]3CC[C@@H]4C[C@H](O)CC[C@@H]4[C@H]3CC[C@]12C. The zero-order valence-corrected chi connectivity index (χ0v) is 14.7. The van der Waals surface area contributed by atoms with Gasteiger partial charge in [0.1, 0.15) is 6.10 Å². The molecule has 4 saturated carbocycles. The molecule has 4 rings (SSSR count). The van der Waals surface area contributed by atoms with Crippen LogP contribution in [0.4, 0.5) is 0 Å². The molecule has 0 saturated heterocycles. The Hall–Kier alpha value is -0.570. The van der Waals surface area contributed by atoms with Gasteiger partial charge in [0, 0.05) is 12.3 Å². The molecule has 4 fully saturated rings. The van der Waals surface area contributed by atoms with E-state index in [9.17, 15) is 9.90 Å². The Bertz CT molecular complexity index is 476. The van der Waals surface area contributed by atoms with Crippen LogP contribution in [0.3, 0.4) is 0 Å². The summed E-state index contributed by atoms with van der Waals surface area (Å²) in [4.78, 5) is 11.5. The lowest BCUT2D eigenvalue weighted by atomic mass is 9.50. The summed E-state index contributed by atoms with van der Waals surface area (Å²) < 4.78 is 5.71. The number of hydrogen-bond acceptors (Lipinski definition) is 3. The van der Waals surface area contributed by atoms with E-state index in [0.29, 0.717) is 0 Å². The molecule has 0 spiro atoms. The zero-order chi connectivity index (χ0) is 16.2. The van der Waals surface area contributed by atoms with Crippen LogP contribution < -0.4 is 0 Å². The van der Waals surface area contributed by atoms with Crippen molar-refractivity contribution in [2.45, 2.75) is 83.8 Å². The highest BCUT2D eigenvalue weighted by molar-refractivity contribution is 5.66. The minimum Gasteiger partial charge on any atom is -0.462 e. The number of carbonyl (C=O) groups excluding carboxylic acids is 1. The molecule has 0 unspecified atom stereocenters. The summed E-state index contributed by atoms with van der Waals surface area (Å²) in [5.74, 6) is 3.98. The zero-order valence-electron chi connectivity index (χ0n) is 14.7. The number of hydrogen-bond donors (Lipinski definition) is 1. The van der Waals surface area contributed by atoms with Crippen LogP contribution >= 0.6 is 0 Å². The Labute approximate surface area is 140 Å². The minimum absolute atomic E-state index is 0.0403. The second kappa shape index (κ2) is 5.75. The summed E-state index contributed by atoms with van der Waals surface area (Å²) in [5.41, 5.74) is 0.216. The highest BCUT2D eigenvalue weighted by atomic mass is 16.5. The molecule has 0 bridgehead atoms. The summed E-state index contributed by atoms with van der Waals surface area (Å²) in [6.07, 6.45) is 10.9. The second-order valence-corrected chi connectivity index (χ2v) is 9.12. The molecule has 3 heteroatoms. The predicted octanol–water partition coefficient (Wildman–Crippen LogP) is 3.93. The first-order valence-electron chi connectivity index (χ1n) is 9.84. The third kappa shape index (κ3) is 2.54. The van der Waals surface area contributed by atoms with E-state index in [0.717, 1.165) is 48.9 Å². The second-order valence-electron chi connectivity index (χ2n) is 9.12. The lowest BCUT2D eigenvalue weighted by Gasteiger charge is -2.55. The Morgan fingerprint density at radius 3 is 2.57 bits per heavy atom. The average Bonchev–Trinajstić information content (AvgIpc) is 2.83. The van der Waals surface area contributed by atoms with Crippen LogP contribution in [-0.4, -0.2) is 23.3 Å². The first kappa shape index (κ1) is 15.9. The summed E-state index contributed by atoms with van der Waals surface area (Å²) in [6, 6.07) is 0. The molecule has 0 amide bonds. The van der Waals surface area contributed by atoms with Gasteiger partial charge in [0.2, 0.25) is 0 Å². The van der Waals surface area contributed by atoms with Crippen LogP contribution in [-0.2, 0) is 9.53 Å².